The Morgan fingerprint density at radius 3 is 2.57 bits per heavy atom. The number of hydrogen-bond donors (Lipinski definition) is 2. The number of ether oxygens (including phenoxy) is 2. The lowest BCUT2D eigenvalue weighted by molar-refractivity contribution is -0.906. The van der Waals surface area contributed by atoms with Crippen LogP contribution in [-0.2, 0) is 14.3 Å². The first-order valence-corrected chi connectivity index (χ1v) is 9.26. The number of hydrogen-bond acceptors (Lipinski definition) is 6. The quantitative estimate of drug-likeness (QED) is 0.493. The van der Waals surface area contributed by atoms with Crippen molar-refractivity contribution < 1.29 is 28.8 Å². The second kappa shape index (κ2) is 8.94. The summed E-state index contributed by atoms with van der Waals surface area (Å²) in [5.41, 5.74) is 0.771. The number of urea groups is 1. The molecule has 2 heterocycles. The molecule has 2 fully saturated rings. The van der Waals surface area contributed by atoms with Crippen molar-refractivity contribution in [2.75, 3.05) is 51.4 Å². The maximum Gasteiger partial charge on any atom is 0.335 e. The Morgan fingerprint density at radius 1 is 1.25 bits per heavy atom. The molecule has 1 atom stereocenters. The summed E-state index contributed by atoms with van der Waals surface area (Å²) in [6.07, 6.45) is 0. The lowest BCUT2D eigenvalue weighted by atomic mass is 9.99. The van der Waals surface area contributed by atoms with Crippen molar-refractivity contribution in [3.63, 3.8) is 0 Å². The molecule has 1 aromatic carbocycles. The second-order valence-corrected chi connectivity index (χ2v) is 6.73. The largest absolute Gasteiger partial charge is 0.497 e. The van der Waals surface area contributed by atoms with Crippen LogP contribution in [0.1, 0.15) is 6.92 Å². The molecule has 9 nitrogen and oxygen atoms in total. The van der Waals surface area contributed by atoms with Crippen molar-refractivity contribution in [2.24, 2.45) is 10.9 Å². The van der Waals surface area contributed by atoms with Crippen molar-refractivity contribution in [2.45, 2.75) is 6.92 Å². The van der Waals surface area contributed by atoms with Crippen LogP contribution < -0.4 is 19.9 Å². The van der Waals surface area contributed by atoms with Crippen molar-refractivity contribution in [1.82, 2.24) is 5.32 Å². The van der Waals surface area contributed by atoms with E-state index in [2.05, 4.69) is 10.3 Å². The number of aliphatic imine (C=N–C) groups is 1. The number of anilines is 1. The van der Waals surface area contributed by atoms with E-state index in [1.165, 1.54) is 12.0 Å². The van der Waals surface area contributed by atoms with Crippen LogP contribution in [0.15, 0.2) is 29.3 Å². The first kappa shape index (κ1) is 20.0. The minimum Gasteiger partial charge on any atom is -0.497 e. The van der Waals surface area contributed by atoms with Crippen molar-refractivity contribution in [3.8, 4) is 5.75 Å². The van der Waals surface area contributed by atoms with Crippen molar-refractivity contribution >= 4 is 29.2 Å². The molecule has 28 heavy (non-hydrogen) atoms. The SMILES string of the molecule is COc1ccc(N2C(=O)NC(=O)C(C(C)=NCC[NH+]3CCOCC3)C2=O)cc1. The zero-order valence-electron chi connectivity index (χ0n) is 16.1. The summed E-state index contributed by atoms with van der Waals surface area (Å²) in [6, 6.07) is 5.72. The maximum atomic E-state index is 12.9. The predicted octanol–water partition coefficient (Wildman–Crippen LogP) is -0.730. The Kier molecular flexibility index (Phi) is 6.37. The van der Waals surface area contributed by atoms with Crippen LogP contribution in [-0.4, -0.2) is 70.1 Å². The number of barbiturate groups is 1. The molecule has 2 N–H and O–H groups in total. The number of quaternary nitrogens is 1. The van der Waals surface area contributed by atoms with Gasteiger partial charge in [0.15, 0.2) is 5.92 Å². The fraction of sp³-hybridized carbons (Fsp3) is 0.474. The number of carbonyl (C=O) groups is 3. The van der Waals surface area contributed by atoms with Gasteiger partial charge in [-0.15, -0.1) is 0 Å². The molecule has 3 rings (SSSR count). The van der Waals surface area contributed by atoms with E-state index in [0.29, 0.717) is 23.7 Å². The van der Waals surface area contributed by atoms with Crippen LogP contribution in [0.4, 0.5) is 10.5 Å². The van der Waals surface area contributed by atoms with E-state index >= 15 is 0 Å². The number of nitrogens with zero attached hydrogens (tertiary/aromatic N) is 2. The van der Waals surface area contributed by atoms with Gasteiger partial charge in [0.05, 0.1) is 39.1 Å². The van der Waals surface area contributed by atoms with Gasteiger partial charge in [-0.05, 0) is 31.2 Å². The summed E-state index contributed by atoms with van der Waals surface area (Å²) < 4.78 is 10.4. The molecule has 2 aliphatic rings. The number of imide groups is 2. The third-order valence-corrected chi connectivity index (χ3v) is 4.94. The molecular formula is C19H25N4O5+. The number of amides is 4. The molecule has 1 aromatic rings. The van der Waals surface area contributed by atoms with Crippen LogP contribution >= 0.6 is 0 Å². The second-order valence-electron chi connectivity index (χ2n) is 6.73. The Labute approximate surface area is 163 Å². The molecule has 0 aromatic heterocycles. The van der Waals surface area contributed by atoms with Gasteiger partial charge in [-0.1, -0.05) is 0 Å². The molecule has 0 saturated carbocycles. The van der Waals surface area contributed by atoms with Crippen LogP contribution in [0, 0.1) is 5.92 Å². The number of methoxy groups -OCH3 is 1. The van der Waals surface area contributed by atoms with Crippen LogP contribution in [0.2, 0.25) is 0 Å². The van der Waals surface area contributed by atoms with Gasteiger partial charge < -0.3 is 14.4 Å². The molecule has 0 bridgehead atoms. The number of carbonyl (C=O) groups excluding carboxylic acids is 3. The normalized spacial score (nSPS) is 21.6. The molecule has 2 aliphatic heterocycles. The van der Waals surface area contributed by atoms with Gasteiger partial charge >= 0.3 is 6.03 Å². The number of rotatable bonds is 6. The monoisotopic (exact) mass is 389 g/mol. The van der Waals surface area contributed by atoms with Crippen molar-refractivity contribution in [3.05, 3.63) is 24.3 Å². The van der Waals surface area contributed by atoms with E-state index in [1.54, 1.807) is 31.2 Å². The highest BCUT2D eigenvalue weighted by Crippen LogP contribution is 2.24. The fourth-order valence-corrected chi connectivity index (χ4v) is 3.31. The lowest BCUT2D eigenvalue weighted by Crippen LogP contribution is -3.14. The Bertz CT molecular complexity index is 771. The Morgan fingerprint density at radius 2 is 1.93 bits per heavy atom. The van der Waals surface area contributed by atoms with Gasteiger partial charge in [0.25, 0.3) is 5.91 Å². The molecule has 0 aliphatic carbocycles. The van der Waals surface area contributed by atoms with Crippen LogP contribution in [0.3, 0.4) is 0 Å². The molecule has 9 heteroatoms. The third kappa shape index (κ3) is 4.37. The standard InChI is InChI=1S/C19H24N4O5/c1-13(20-7-8-22-9-11-28-12-10-22)16-17(24)21-19(26)23(18(16)25)14-3-5-15(27-2)6-4-14/h3-6,16H,7-12H2,1-2H3,(H,21,24,26)/p+1. The summed E-state index contributed by atoms with van der Waals surface area (Å²) >= 11 is 0. The van der Waals surface area contributed by atoms with Crippen molar-refractivity contribution in [1.29, 1.82) is 0 Å². The number of nitrogens with one attached hydrogen (secondary N) is 2. The van der Waals surface area contributed by atoms with Gasteiger partial charge in [0.1, 0.15) is 18.8 Å². The van der Waals surface area contributed by atoms with E-state index < -0.39 is 23.8 Å². The Hall–Kier alpha value is -2.78. The zero-order valence-corrected chi connectivity index (χ0v) is 16.1. The van der Waals surface area contributed by atoms with Gasteiger partial charge in [0, 0.05) is 5.71 Å². The number of benzene rings is 1. The van der Waals surface area contributed by atoms with Crippen LogP contribution in [0.25, 0.3) is 0 Å². The van der Waals surface area contributed by atoms with Gasteiger partial charge in [-0.25, -0.2) is 9.69 Å². The topological polar surface area (TPSA) is 102 Å². The molecule has 0 radical (unpaired) electrons. The number of morpholine rings is 1. The summed E-state index contributed by atoms with van der Waals surface area (Å²) in [7, 11) is 1.53. The first-order valence-electron chi connectivity index (χ1n) is 9.26. The lowest BCUT2D eigenvalue weighted by Gasteiger charge is -2.30. The smallest absolute Gasteiger partial charge is 0.335 e. The van der Waals surface area contributed by atoms with Gasteiger partial charge in [-0.3, -0.25) is 19.9 Å². The highest BCUT2D eigenvalue weighted by Gasteiger charge is 2.42. The van der Waals surface area contributed by atoms with Gasteiger partial charge in [0.2, 0.25) is 5.91 Å². The molecular weight excluding hydrogens is 364 g/mol. The summed E-state index contributed by atoms with van der Waals surface area (Å²) in [4.78, 5) is 44.3. The Balaban J connectivity index is 1.71. The molecule has 1 unspecified atom stereocenters. The highest BCUT2D eigenvalue weighted by molar-refractivity contribution is 6.35. The van der Waals surface area contributed by atoms with Crippen LogP contribution in [0.5, 0.6) is 5.75 Å². The maximum absolute atomic E-state index is 12.9. The third-order valence-electron chi connectivity index (χ3n) is 4.94. The average molecular weight is 389 g/mol. The molecule has 2 saturated heterocycles. The summed E-state index contributed by atoms with van der Waals surface area (Å²) in [5, 5.41) is 2.25. The van der Waals surface area contributed by atoms with E-state index in [0.717, 1.165) is 37.7 Å². The minimum absolute atomic E-state index is 0.367. The first-order chi connectivity index (χ1) is 13.5. The summed E-state index contributed by atoms with van der Waals surface area (Å²) in [5.74, 6) is -1.75. The molecule has 0 spiro atoms. The molecule has 150 valence electrons. The van der Waals surface area contributed by atoms with E-state index in [9.17, 15) is 14.4 Å². The fourth-order valence-electron chi connectivity index (χ4n) is 3.31. The average Bonchev–Trinajstić information content (AvgIpc) is 2.69. The van der Waals surface area contributed by atoms with Gasteiger partial charge in [-0.2, -0.15) is 0 Å². The predicted molar refractivity (Wildman–Crippen MR) is 102 cm³/mol. The van der Waals surface area contributed by atoms with E-state index in [4.69, 9.17) is 9.47 Å². The van der Waals surface area contributed by atoms with E-state index in [1.807, 2.05) is 0 Å². The van der Waals surface area contributed by atoms with E-state index in [-0.39, 0.29) is 0 Å². The molecule has 4 amide bonds. The zero-order chi connectivity index (χ0) is 20.1. The minimum atomic E-state index is -1.11. The highest BCUT2D eigenvalue weighted by atomic mass is 16.5. The summed E-state index contributed by atoms with van der Waals surface area (Å²) in [6.45, 7) is 6.30.